The molecule has 3 nitrogen and oxygen atoms in total. The van der Waals surface area contributed by atoms with Crippen molar-refractivity contribution >= 4 is 5.91 Å². The number of aryl methyl sites for hydroxylation is 1. The van der Waals surface area contributed by atoms with Crippen LogP contribution >= 0.6 is 0 Å². The van der Waals surface area contributed by atoms with Crippen molar-refractivity contribution in [1.82, 2.24) is 5.32 Å². The summed E-state index contributed by atoms with van der Waals surface area (Å²) in [6, 6.07) is 17.1. The second-order valence-electron chi connectivity index (χ2n) is 4.43. The third kappa shape index (κ3) is 3.85. The van der Waals surface area contributed by atoms with Crippen molar-refractivity contribution < 1.29 is 9.53 Å². The van der Waals surface area contributed by atoms with Gasteiger partial charge in [-0.2, -0.15) is 0 Å². The average molecular weight is 269 g/mol. The van der Waals surface area contributed by atoms with Crippen LogP contribution < -0.4 is 10.1 Å². The van der Waals surface area contributed by atoms with Gasteiger partial charge in [0.25, 0.3) is 5.91 Å². The molecular weight excluding hydrogens is 250 g/mol. The molecule has 104 valence electrons. The van der Waals surface area contributed by atoms with Gasteiger partial charge in [0.1, 0.15) is 12.4 Å². The van der Waals surface area contributed by atoms with Gasteiger partial charge in [-0.1, -0.05) is 43.3 Å². The van der Waals surface area contributed by atoms with Crippen LogP contribution in [0.15, 0.2) is 54.6 Å². The minimum Gasteiger partial charge on any atom is -0.491 e. The summed E-state index contributed by atoms with van der Waals surface area (Å²) in [4.78, 5) is 11.8. The predicted molar refractivity (Wildman–Crippen MR) is 80.1 cm³/mol. The molecule has 2 aromatic rings. The molecule has 20 heavy (non-hydrogen) atoms. The molecular formula is C17H19NO2. The Hall–Kier alpha value is -2.29. The first-order valence-electron chi connectivity index (χ1n) is 6.85. The highest BCUT2D eigenvalue weighted by Crippen LogP contribution is 2.17. The summed E-state index contributed by atoms with van der Waals surface area (Å²) in [5.74, 6) is 0.821. The van der Waals surface area contributed by atoms with Gasteiger partial charge in [0.15, 0.2) is 0 Å². The van der Waals surface area contributed by atoms with E-state index in [1.807, 2.05) is 36.4 Å². The zero-order chi connectivity index (χ0) is 14.2. The third-order valence-corrected chi connectivity index (χ3v) is 3.03. The van der Waals surface area contributed by atoms with Gasteiger partial charge in [0.2, 0.25) is 0 Å². The lowest BCUT2D eigenvalue weighted by Gasteiger charge is -2.10. The summed E-state index contributed by atoms with van der Waals surface area (Å²) in [5, 5.41) is 2.84. The van der Waals surface area contributed by atoms with E-state index in [1.165, 1.54) is 5.56 Å². The monoisotopic (exact) mass is 269 g/mol. The van der Waals surface area contributed by atoms with E-state index >= 15 is 0 Å². The quantitative estimate of drug-likeness (QED) is 0.818. The van der Waals surface area contributed by atoms with E-state index in [1.54, 1.807) is 12.1 Å². The van der Waals surface area contributed by atoms with Crippen LogP contribution in [0.3, 0.4) is 0 Å². The minimum absolute atomic E-state index is 0.0713. The van der Waals surface area contributed by atoms with Crippen LogP contribution in [0.2, 0.25) is 0 Å². The van der Waals surface area contributed by atoms with Gasteiger partial charge in [-0.15, -0.1) is 0 Å². The Morgan fingerprint density at radius 2 is 1.75 bits per heavy atom. The molecule has 0 aromatic heterocycles. The first-order valence-corrected chi connectivity index (χ1v) is 6.85. The normalized spacial score (nSPS) is 10.1. The Labute approximate surface area is 119 Å². The largest absolute Gasteiger partial charge is 0.491 e. The van der Waals surface area contributed by atoms with Gasteiger partial charge in [-0.3, -0.25) is 4.79 Å². The van der Waals surface area contributed by atoms with Crippen LogP contribution in [0.5, 0.6) is 5.75 Å². The zero-order valence-electron chi connectivity index (χ0n) is 11.6. The number of para-hydroxylation sites is 1. The summed E-state index contributed by atoms with van der Waals surface area (Å²) in [5.41, 5.74) is 1.85. The van der Waals surface area contributed by atoms with Crippen molar-refractivity contribution in [2.24, 2.45) is 0 Å². The molecule has 0 unspecified atom stereocenters. The smallest absolute Gasteiger partial charge is 0.251 e. The Kier molecular flexibility index (Phi) is 5.18. The Morgan fingerprint density at radius 3 is 2.50 bits per heavy atom. The Balaban J connectivity index is 1.78. The molecule has 1 N–H and O–H groups in total. The molecule has 1 amide bonds. The van der Waals surface area contributed by atoms with Gasteiger partial charge in [-0.25, -0.2) is 0 Å². The van der Waals surface area contributed by atoms with E-state index in [-0.39, 0.29) is 5.91 Å². The average Bonchev–Trinajstić information content (AvgIpc) is 2.52. The highest BCUT2D eigenvalue weighted by molar-refractivity contribution is 5.94. The summed E-state index contributed by atoms with van der Waals surface area (Å²) in [6.07, 6.45) is 0.937. The molecule has 0 fully saturated rings. The molecule has 0 radical (unpaired) electrons. The lowest BCUT2D eigenvalue weighted by Crippen LogP contribution is -2.28. The standard InChI is InChI=1S/C17H19NO2/c1-2-14-8-6-7-11-16(14)20-13-12-18-17(19)15-9-4-3-5-10-15/h3-11H,2,12-13H2,1H3,(H,18,19). The van der Waals surface area contributed by atoms with Crippen LogP contribution in [0.25, 0.3) is 0 Å². The first kappa shape index (κ1) is 14.1. The lowest BCUT2D eigenvalue weighted by atomic mass is 10.1. The SMILES string of the molecule is CCc1ccccc1OCCNC(=O)c1ccccc1. The molecule has 3 heteroatoms. The number of ether oxygens (including phenoxy) is 1. The summed E-state index contributed by atoms with van der Waals surface area (Å²) in [6.45, 7) is 3.06. The van der Waals surface area contributed by atoms with Crippen molar-refractivity contribution in [3.63, 3.8) is 0 Å². The van der Waals surface area contributed by atoms with Crippen LogP contribution in [0.4, 0.5) is 0 Å². The molecule has 0 aliphatic heterocycles. The van der Waals surface area contributed by atoms with Crippen LogP contribution in [0.1, 0.15) is 22.8 Å². The van der Waals surface area contributed by atoms with Crippen molar-refractivity contribution in [1.29, 1.82) is 0 Å². The number of rotatable bonds is 6. The topological polar surface area (TPSA) is 38.3 Å². The number of benzene rings is 2. The van der Waals surface area contributed by atoms with Gasteiger partial charge < -0.3 is 10.1 Å². The summed E-state index contributed by atoms with van der Waals surface area (Å²) >= 11 is 0. The highest BCUT2D eigenvalue weighted by Gasteiger charge is 2.04. The molecule has 2 rings (SSSR count). The second kappa shape index (κ2) is 7.34. The minimum atomic E-state index is -0.0713. The van der Waals surface area contributed by atoms with Gasteiger partial charge in [0.05, 0.1) is 6.54 Å². The molecule has 0 aliphatic carbocycles. The molecule has 0 atom stereocenters. The molecule has 0 bridgehead atoms. The van der Waals surface area contributed by atoms with Gasteiger partial charge in [0, 0.05) is 5.56 Å². The van der Waals surface area contributed by atoms with E-state index in [9.17, 15) is 4.79 Å². The number of carbonyl (C=O) groups is 1. The van der Waals surface area contributed by atoms with Crippen LogP contribution in [-0.4, -0.2) is 19.1 Å². The molecule has 2 aromatic carbocycles. The Bertz CT molecular complexity index is 552. The van der Waals surface area contributed by atoms with E-state index in [0.29, 0.717) is 18.7 Å². The van der Waals surface area contributed by atoms with Gasteiger partial charge >= 0.3 is 0 Å². The zero-order valence-corrected chi connectivity index (χ0v) is 11.6. The van der Waals surface area contributed by atoms with Crippen molar-refractivity contribution in [3.8, 4) is 5.75 Å². The molecule has 0 saturated carbocycles. The molecule has 0 saturated heterocycles. The lowest BCUT2D eigenvalue weighted by molar-refractivity contribution is 0.0947. The van der Waals surface area contributed by atoms with E-state index in [2.05, 4.69) is 18.3 Å². The highest BCUT2D eigenvalue weighted by atomic mass is 16.5. The number of nitrogens with one attached hydrogen (secondary N) is 1. The summed E-state index contributed by atoms with van der Waals surface area (Å²) < 4.78 is 5.70. The third-order valence-electron chi connectivity index (χ3n) is 3.03. The van der Waals surface area contributed by atoms with Crippen molar-refractivity contribution in [2.75, 3.05) is 13.2 Å². The maximum Gasteiger partial charge on any atom is 0.251 e. The fourth-order valence-corrected chi connectivity index (χ4v) is 1.95. The number of amides is 1. The Morgan fingerprint density at radius 1 is 1.05 bits per heavy atom. The predicted octanol–water partition coefficient (Wildman–Crippen LogP) is 3.06. The maximum atomic E-state index is 11.8. The van der Waals surface area contributed by atoms with Crippen molar-refractivity contribution in [3.05, 3.63) is 65.7 Å². The van der Waals surface area contributed by atoms with Crippen LogP contribution in [-0.2, 0) is 6.42 Å². The first-order chi connectivity index (χ1) is 9.81. The number of hydrogen-bond donors (Lipinski definition) is 1. The fourth-order valence-electron chi connectivity index (χ4n) is 1.95. The number of carbonyl (C=O) groups excluding carboxylic acids is 1. The molecule has 0 spiro atoms. The molecule has 0 heterocycles. The molecule has 0 aliphatic rings. The number of hydrogen-bond acceptors (Lipinski definition) is 2. The van der Waals surface area contributed by atoms with Gasteiger partial charge in [-0.05, 0) is 30.2 Å². The van der Waals surface area contributed by atoms with E-state index < -0.39 is 0 Å². The van der Waals surface area contributed by atoms with Crippen molar-refractivity contribution in [2.45, 2.75) is 13.3 Å². The fraction of sp³-hybridized carbons (Fsp3) is 0.235. The summed E-state index contributed by atoms with van der Waals surface area (Å²) in [7, 11) is 0. The maximum absolute atomic E-state index is 11.8. The van der Waals surface area contributed by atoms with Crippen LogP contribution in [0, 0.1) is 0 Å². The van der Waals surface area contributed by atoms with E-state index in [0.717, 1.165) is 12.2 Å². The second-order valence-corrected chi connectivity index (χ2v) is 4.43. The van der Waals surface area contributed by atoms with E-state index in [4.69, 9.17) is 4.74 Å².